The van der Waals surface area contributed by atoms with E-state index in [1.165, 1.54) is 6.21 Å². The average Bonchev–Trinajstić information content (AvgIpc) is 2.90. The van der Waals surface area contributed by atoms with E-state index in [9.17, 15) is 14.9 Å². The summed E-state index contributed by atoms with van der Waals surface area (Å²) >= 11 is 0. The molecule has 0 aliphatic rings. The van der Waals surface area contributed by atoms with Gasteiger partial charge in [-0.15, -0.1) is 0 Å². The minimum absolute atomic E-state index is 0.119. The van der Waals surface area contributed by atoms with E-state index in [2.05, 4.69) is 16.5 Å². The summed E-state index contributed by atoms with van der Waals surface area (Å²) in [4.78, 5) is 27.4. The number of rotatable bonds is 9. The lowest BCUT2D eigenvalue weighted by molar-refractivity contribution is -0.130. The van der Waals surface area contributed by atoms with Gasteiger partial charge in [-0.1, -0.05) is 47.6 Å². The van der Waals surface area contributed by atoms with E-state index in [1.807, 2.05) is 42.5 Å². The highest BCUT2D eigenvalue weighted by Gasteiger charge is 2.30. The molecule has 9 nitrogen and oxygen atoms in total. The van der Waals surface area contributed by atoms with Gasteiger partial charge in [0.05, 0.1) is 24.0 Å². The Morgan fingerprint density at radius 2 is 1.84 bits per heavy atom. The molecule has 0 heterocycles. The first-order valence-corrected chi connectivity index (χ1v) is 12.2. The third kappa shape index (κ3) is 6.68. The van der Waals surface area contributed by atoms with Gasteiger partial charge < -0.3 is 21.0 Å². The fourth-order valence-electron chi connectivity index (χ4n) is 4.05. The van der Waals surface area contributed by atoms with Crippen LogP contribution >= 0.6 is 0 Å². The van der Waals surface area contributed by atoms with Crippen LogP contribution in [0.3, 0.4) is 0 Å². The molecule has 0 fully saturated rings. The van der Waals surface area contributed by atoms with E-state index in [0.29, 0.717) is 28.1 Å². The molecule has 2 amide bonds. The zero-order chi connectivity index (χ0) is 27.7. The Kier molecular flexibility index (Phi) is 9.43. The number of likely N-dealkylation sites (N-methyl/N-ethyl adjacent to an activating group) is 1. The zero-order valence-corrected chi connectivity index (χ0v) is 21.6. The number of nitrogens with two attached hydrogens (primary N) is 1. The van der Waals surface area contributed by atoms with Crippen LogP contribution in [0.15, 0.2) is 71.9 Å². The SMILES string of the molecule is CCN(C(=O)OC(C)C)C(=O)[C@H](Cc1cccc(N)c1C=NO)Nc1ccc(-c2ccccc2C#N)cc1. The summed E-state index contributed by atoms with van der Waals surface area (Å²) < 4.78 is 5.28. The number of amides is 2. The van der Waals surface area contributed by atoms with Crippen LogP contribution in [-0.4, -0.2) is 47.0 Å². The first kappa shape index (κ1) is 27.7. The van der Waals surface area contributed by atoms with Crippen LogP contribution in [0.2, 0.25) is 0 Å². The largest absolute Gasteiger partial charge is 0.446 e. The van der Waals surface area contributed by atoms with Crippen molar-refractivity contribution in [3.63, 3.8) is 0 Å². The Hall–Kier alpha value is -4.84. The molecule has 0 aliphatic heterocycles. The van der Waals surface area contributed by atoms with E-state index in [-0.39, 0.29) is 19.1 Å². The summed E-state index contributed by atoms with van der Waals surface area (Å²) in [6.45, 7) is 5.24. The van der Waals surface area contributed by atoms with Crippen molar-refractivity contribution in [2.45, 2.75) is 39.3 Å². The number of nitrogen functional groups attached to an aromatic ring is 1. The molecule has 0 radical (unpaired) electrons. The predicted octanol–water partition coefficient (Wildman–Crippen LogP) is 5.03. The molecule has 0 spiro atoms. The summed E-state index contributed by atoms with van der Waals surface area (Å²) in [5.41, 5.74) is 10.4. The molecule has 0 aromatic heterocycles. The topological polar surface area (TPSA) is 141 Å². The Balaban J connectivity index is 1.96. The maximum absolute atomic E-state index is 13.6. The highest BCUT2D eigenvalue weighted by atomic mass is 16.6. The van der Waals surface area contributed by atoms with Crippen molar-refractivity contribution in [3.8, 4) is 17.2 Å². The highest BCUT2D eigenvalue weighted by Crippen LogP contribution is 2.26. The molecule has 9 heteroatoms. The van der Waals surface area contributed by atoms with Gasteiger partial charge in [0.2, 0.25) is 0 Å². The van der Waals surface area contributed by atoms with Gasteiger partial charge in [0.15, 0.2) is 0 Å². The second-order valence-electron chi connectivity index (χ2n) is 8.82. The number of nitrogens with one attached hydrogen (secondary N) is 1. The normalized spacial score (nSPS) is 11.7. The predicted molar refractivity (Wildman–Crippen MR) is 147 cm³/mol. The van der Waals surface area contributed by atoms with E-state index in [1.54, 1.807) is 45.0 Å². The number of anilines is 2. The van der Waals surface area contributed by atoms with Gasteiger partial charge in [-0.25, -0.2) is 9.69 Å². The number of hydrogen-bond acceptors (Lipinski definition) is 8. The summed E-state index contributed by atoms with van der Waals surface area (Å²) in [6, 6.07) is 21.1. The lowest BCUT2D eigenvalue weighted by Crippen LogP contribution is -2.47. The number of oxime groups is 1. The molecule has 0 bridgehead atoms. The molecule has 3 aromatic carbocycles. The van der Waals surface area contributed by atoms with Crippen molar-refractivity contribution in [2.75, 3.05) is 17.6 Å². The molecule has 38 heavy (non-hydrogen) atoms. The monoisotopic (exact) mass is 513 g/mol. The molecule has 0 unspecified atom stereocenters. The van der Waals surface area contributed by atoms with Crippen LogP contribution in [0, 0.1) is 11.3 Å². The van der Waals surface area contributed by atoms with Gasteiger partial charge in [0, 0.05) is 29.9 Å². The number of nitrogens with zero attached hydrogens (tertiary/aromatic N) is 3. The van der Waals surface area contributed by atoms with Crippen molar-refractivity contribution in [3.05, 3.63) is 83.4 Å². The van der Waals surface area contributed by atoms with Gasteiger partial charge >= 0.3 is 6.09 Å². The summed E-state index contributed by atoms with van der Waals surface area (Å²) in [5, 5.41) is 24.9. The van der Waals surface area contributed by atoms with Gasteiger partial charge in [0.1, 0.15) is 6.04 Å². The molecular weight excluding hydrogens is 482 g/mol. The number of imide groups is 1. The number of hydrogen-bond donors (Lipinski definition) is 3. The van der Waals surface area contributed by atoms with Crippen LogP contribution in [0.4, 0.5) is 16.2 Å². The number of ether oxygens (including phenoxy) is 1. The smallest absolute Gasteiger partial charge is 0.416 e. The Bertz CT molecular complexity index is 1350. The molecule has 1 atom stereocenters. The van der Waals surface area contributed by atoms with Crippen LogP contribution < -0.4 is 11.1 Å². The molecule has 3 aromatic rings. The molecule has 0 saturated heterocycles. The van der Waals surface area contributed by atoms with Gasteiger partial charge in [0.25, 0.3) is 5.91 Å². The molecule has 4 N–H and O–H groups in total. The van der Waals surface area contributed by atoms with Gasteiger partial charge in [-0.2, -0.15) is 5.26 Å². The zero-order valence-electron chi connectivity index (χ0n) is 21.6. The van der Waals surface area contributed by atoms with E-state index >= 15 is 0 Å². The van der Waals surface area contributed by atoms with Crippen molar-refractivity contribution in [1.82, 2.24) is 4.90 Å². The number of carbonyl (C=O) groups excluding carboxylic acids is 2. The maximum Gasteiger partial charge on any atom is 0.416 e. The van der Waals surface area contributed by atoms with Crippen LogP contribution in [0.1, 0.15) is 37.5 Å². The third-order valence-electron chi connectivity index (χ3n) is 5.86. The van der Waals surface area contributed by atoms with Gasteiger partial charge in [-0.05, 0) is 61.7 Å². The summed E-state index contributed by atoms with van der Waals surface area (Å²) in [5.74, 6) is -0.480. The fourth-order valence-corrected chi connectivity index (χ4v) is 4.05. The molecule has 196 valence electrons. The number of benzene rings is 3. The molecular formula is C29H31N5O4. The molecule has 3 rings (SSSR count). The standard InChI is InChI=1S/C29H31N5O4/c1-4-34(29(36)38-19(2)3)28(35)27(16-21-9-7-11-26(31)25(21)18-32-37)33-23-14-12-20(13-15-23)24-10-6-5-8-22(24)17-30/h5-15,18-19,27,33,37H,4,16,31H2,1-3H3/t27-/m0/s1. The summed E-state index contributed by atoms with van der Waals surface area (Å²) in [6.07, 6.45) is 0.252. The summed E-state index contributed by atoms with van der Waals surface area (Å²) in [7, 11) is 0. The van der Waals surface area contributed by atoms with Crippen molar-refractivity contribution < 1.29 is 19.5 Å². The van der Waals surface area contributed by atoms with Crippen molar-refractivity contribution in [2.24, 2.45) is 5.16 Å². The van der Waals surface area contributed by atoms with Crippen LogP contribution in [0.25, 0.3) is 11.1 Å². The molecule has 0 saturated carbocycles. The second kappa shape index (κ2) is 12.9. The van der Waals surface area contributed by atoms with Crippen molar-refractivity contribution in [1.29, 1.82) is 5.26 Å². The van der Waals surface area contributed by atoms with E-state index < -0.39 is 18.0 Å². The Morgan fingerprint density at radius 3 is 2.47 bits per heavy atom. The number of carbonyl (C=O) groups is 2. The minimum atomic E-state index is -0.875. The number of nitriles is 1. The average molecular weight is 514 g/mol. The second-order valence-corrected chi connectivity index (χ2v) is 8.82. The van der Waals surface area contributed by atoms with E-state index in [4.69, 9.17) is 15.7 Å². The lowest BCUT2D eigenvalue weighted by atomic mass is 9.97. The van der Waals surface area contributed by atoms with Gasteiger partial charge in [-0.3, -0.25) is 4.79 Å². The highest BCUT2D eigenvalue weighted by molar-refractivity contribution is 5.97. The fraction of sp³-hybridized carbons (Fsp3) is 0.241. The first-order valence-electron chi connectivity index (χ1n) is 12.2. The minimum Gasteiger partial charge on any atom is -0.446 e. The first-order chi connectivity index (χ1) is 18.3. The molecule has 0 aliphatic carbocycles. The lowest BCUT2D eigenvalue weighted by Gasteiger charge is -2.27. The third-order valence-corrected chi connectivity index (χ3v) is 5.86. The maximum atomic E-state index is 13.6. The quantitative estimate of drug-likeness (QED) is 0.158. The van der Waals surface area contributed by atoms with E-state index in [0.717, 1.165) is 16.0 Å². The van der Waals surface area contributed by atoms with Crippen LogP contribution in [0.5, 0.6) is 0 Å². The Morgan fingerprint density at radius 1 is 1.13 bits per heavy atom. The van der Waals surface area contributed by atoms with Crippen molar-refractivity contribution >= 4 is 29.6 Å². The van der Waals surface area contributed by atoms with Crippen LogP contribution in [-0.2, 0) is 16.0 Å². The Labute approximate surface area is 222 Å².